The summed E-state index contributed by atoms with van der Waals surface area (Å²) in [5, 5.41) is 19.2. The fourth-order valence-corrected chi connectivity index (χ4v) is 3.68. The second-order valence-corrected chi connectivity index (χ2v) is 7.19. The van der Waals surface area contributed by atoms with Gasteiger partial charge in [-0.3, -0.25) is 4.57 Å². The van der Waals surface area contributed by atoms with Gasteiger partial charge in [-0.05, 0) is 36.0 Å². The number of allylic oxidation sites excluding steroid dienone is 1. The van der Waals surface area contributed by atoms with Gasteiger partial charge >= 0.3 is 0 Å². The lowest BCUT2D eigenvalue weighted by Crippen LogP contribution is -2.25. The van der Waals surface area contributed by atoms with E-state index in [4.69, 9.17) is 26.3 Å². The summed E-state index contributed by atoms with van der Waals surface area (Å²) >= 11 is 7.24. The van der Waals surface area contributed by atoms with Crippen molar-refractivity contribution < 1.29 is 9.47 Å². The van der Waals surface area contributed by atoms with E-state index < -0.39 is 6.10 Å². The molecule has 0 saturated carbocycles. The lowest BCUT2D eigenvalue weighted by molar-refractivity contribution is 0.0821. The van der Waals surface area contributed by atoms with Crippen molar-refractivity contribution in [3.05, 3.63) is 65.6 Å². The number of ether oxygens (including phenoxy) is 2. The van der Waals surface area contributed by atoms with Crippen molar-refractivity contribution in [2.24, 2.45) is 0 Å². The average molecular weight is 412 g/mol. The highest BCUT2D eigenvalue weighted by atomic mass is 35.5. The van der Waals surface area contributed by atoms with E-state index in [1.54, 1.807) is 18.2 Å². The van der Waals surface area contributed by atoms with Gasteiger partial charge in [-0.15, -0.1) is 16.8 Å². The van der Waals surface area contributed by atoms with Crippen molar-refractivity contribution in [3.8, 4) is 17.6 Å². The van der Waals surface area contributed by atoms with Crippen molar-refractivity contribution >= 4 is 23.4 Å². The van der Waals surface area contributed by atoms with Gasteiger partial charge in [0.15, 0.2) is 34.3 Å². The van der Waals surface area contributed by atoms with Crippen molar-refractivity contribution in [1.29, 1.82) is 5.26 Å². The van der Waals surface area contributed by atoms with E-state index in [1.165, 1.54) is 11.8 Å². The first-order chi connectivity index (χ1) is 13.7. The third-order valence-corrected chi connectivity index (χ3v) is 5.20. The van der Waals surface area contributed by atoms with Crippen LogP contribution < -0.4 is 9.47 Å². The first-order valence-corrected chi connectivity index (χ1v) is 9.56. The molecule has 9 heteroatoms. The summed E-state index contributed by atoms with van der Waals surface area (Å²) in [5.74, 6) is 2.00. The van der Waals surface area contributed by atoms with Gasteiger partial charge in [0.1, 0.15) is 17.7 Å². The van der Waals surface area contributed by atoms with Gasteiger partial charge < -0.3 is 9.47 Å². The number of halogens is 1. The molecule has 0 bridgehead atoms. The Morgan fingerprint density at radius 1 is 1.29 bits per heavy atom. The molecule has 0 radical (unpaired) electrons. The Kier molecular flexibility index (Phi) is 5.19. The smallest absolute Gasteiger partial charge is 0.197 e. The third-order valence-electron chi connectivity index (χ3n) is 3.98. The van der Waals surface area contributed by atoms with Crippen molar-refractivity contribution in [2.45, 2.75) is 22.8 Å². The normalized spacial score (nSPS) is 15.1. The fourth-order valence-electron chi connectivity index (χ4n) is 2.71. The van der Waals surface area contributed by atoms with Crippen LogP contribution >= 0.6 is 23.4 Å². The Bertz CT molecular complexity index is 1080. The van der Waals surface area contributed by atoms with Gasteiger partial charge in [-0.1, -0.05) is 29.8 Å². The Morgan fingerprint density at radius 3 is 2.89 bits per heavy atom. The largest absolute Gasteiger partial charge is 0.485 e. The number of benzene rings is 1. The molecule has 0 fully saturated rings. The summed E-state index contributed by atoms with van der Waals surface area (Å²) in [6.45, 7) is 4.63. The van der Waals surface area contributed by atoms with Gasteiger partial charge in [0.05, 0.1) is 5.02 Å². The standard InChI is InChI=1S/C19H14ClN5O2S/c1-2-9-25-18(16-11-26-14-5-3-4-6-15(14)27-16)23-24-19(25)28-17-8-7-12(20)13(10-21)22-17/h2-8,16H,1,9,11H2. The third kappa shape index (κ3) is 3.54. The van der Waals surface area contributed by atoms with E-state index in [9.17, 15) is 0 Å². The van der Waals surface area contributed by atoms with E-state index in [1.807, 2.05) is 34.9 Å². The molecular weight excluding hydrogens is 398 g/mol. The van der Waals surface area contributed by atoms with Crippen LogP contribution in [0.15, 0.2) is 59.2 Å². The predicted molar refractivity (Wildman–Crippen MR) is 104 cm³/mol. The molecule has 2 aromatic heterocycles. The van der Waals surface area contributed by atoms with Crippen LogP contribution in [0.25, 0.3) is 0 Å². The summed E-state index contributed by atoms with van der Waals surface area (Å²) in [5.41, 5.74) is 0.169. The van der Waals surface area contributed by atoms with Crippen LogP contribution in [0.2, 0.25) is 5.02 Å². The summed E-state index contributed by atoms with van der Waals surface area (Å²) in [6.07, 6.45) is 1.36. The molecule has 7 nitrogen and oxygen atoms in total. The first kappa shape index (κ1) is 18.3. The zero-order chi connectivity index (χ0) is 19.5. The molecule has 0 N–H and O–H groups in total. The zero-order valence-electron chi connectivity index (χ0n) is 14.6. The van der Waals surface area contributed by atoms with Gasteiger partial charge in [0, 0.05) is 6.54 Å². The molecule has 0 saturated heterocycles. The maximum absolute atomic E-state index is 9.12. The number of pyridine rings is 1. The van der Waals surface area contributed by atoms with E-state index in [0.717, 1.165) is 0 Å². The number of aromatic nitrogens is 4. The number of nitrogens with zero attached hydrogens (tertiary/aromatic N) is 5. The SMILES string of the molecule is C=CCn1c(Sc2ccc(Cl)c(C#N)n2)nnc1C1COc2ccccc2O1. The molecule has 3 aromatic rings. The lowest BCUT2D eigenvalue weighted by Gasteiger charge is -2.26. The maximum atomic E-state index is 9.12. The number of hydrogen-bond donors (Lipinski definition) is 0. The highest BCUT2D eigenvalue weighted by Crippen LogP contribution is 2.36. The molecule has 3 heterocycles. The quantitative estimate of drug-likeness (QED) is 0.585. The second-order valence-electron chi connectivity index (χ2n) is 5.80. The molecular formula is C19H14ClN5O2S. The van der Waals surface area contributed by atoms with Crippen molar-refractivity contribution in [1.82, 2.24) is 19.7 Å². The average Bonchev–Trinajstić information content (AvgIpc) is 3.11. The zero-order valence-corrected chi connectivity index (χ0v) is 16.2. The van der Waals surface area contributed by atoms with E-state index in [2.05, 4.69) is 21.8 Å². The molecule has 0 amide bonds. The highest BCUT2D eigenvalue weighted by Gasteiger charge is 2.28. The van der Waals surface area contributed by atoms with Crippen LogP contribution in [-0.4, -0.2) is 26.4 Å². The minimum atomic E-state index is -0.399. The Balaban J connectivity index is 1.63. The summed E-state index contributed by atoms with van der Waals surface area (Å²) in [7, 11) is 0. The van der Waals surface area contributed by atoms with Gasteiger partial charge in [0.25, 0.3) is 0 Å². The Labute approximate surface area is 170 Å². The Morgan fingerprint density at radius 2 is 2.11 bits per heavy atom. The van der Waals surface area contributed by atoms with Crippen LogP contribution in [0, 0.1) is 11.3 Å². The molecule has 140 valence electrons. The highest BCUT2D eigenvalue weighted by molar-refractivity contribution is 7.99. The van der Waals surface area contributed by atoms with Gasteiger partial charge in [-0.25, -0.2) is 4.98 Å². The number of para-hydroxylation sites is 2. The minimum Gasteiger partial charge on any atom is -0.485 e. The molecule has 4 rings (SSSR count). The van der Waals surface area contributed by atoms with Crippen molar-refractivity contribution in [3.63, 3.8) is 0 Å². The molecule has 1 atom stereocenters. The Hall–Kier alpha value is -3.02. The second kappa shape index (κ2) is 7.92. The van der Waals surface area contributed by atoms with Gasteiger partial charge in [0.2, 0.25) is 0 Å². The molecule has 1 unspecified atom stereocenters. The lowest BCUT2D eigenvalue weighted by atomic mass is 10.2. The van der Waals surface area contributed by atoms with Crippen molar-refractivity contribution in [2.75, 3.05) is 6.61 Å². The molecule has 1 aromatic carbocycles. The van der Waals surface area contributed by atoms with E-state index in [0.29, 0.717) is 45.7 Å². The first-order valence-electron chi connectivity index (χ1n) is 8.36. The van der Waals surface area contributed by atoms with Crippen LogP contribution in [0.1, 0.15) is 17.6 Å². The summed E-state index contributed by atoms with van der Waals surface area (Å²) < 4.78 is 13.7. The predicted octanol–water partition coefficient (Wildman–Crippen LogP) is 4.05. The molecule has 1 aliphatic rings. The summed E-state index contributed by atoms with van der Waals surface area (Å²) in [4.78, 5) is 4.25. The monoisotopic (exact) mass is 411 g/mol. The molecule has 28 heavy (non-hydrogen) atoms. The number of rotatable bonds is 5. The molecule has 0 spiro atoms. The van der Waals surface area contributed by atoms with Crippen LogP contribution in [0.5, 0.6) is 11.5 Å². The molecule has 0 aliphatic carbocycles. The van der Waals surface area contributed by atoms with Crippen LogP contribution in [-0.2, 0) is 6.54 Å². The van der Waals surface area contributed by atoms with Crippen LogP contribution in [0.4, 0.5) is 0 Å². The van der Waals surface area contributed by atoms with E-state index >= 15 is 0 Å². The maximum Gasteiger partial charge on any atom is 0.197 e. The van der Waals surface area contributed by atoms with Gasteiger partial charge in [-0.2, -0.15) is 5.26 Å². The molecule has 1 aliphatic heterocycles. The topological polar surface area (TPSA) is 85.9 Å². The summed E-state index contributed by atoms with van der Waals surface area (Å²) in [6, 6.07) is 12.8. The van der Waals surface area contributed by atoms with E-state index in [-0.39, 0.29) is 5.69 Å². The van der Waals surface area contributed by atoms with Crippen LogP contribution in [0.3, 0.4) is 0 Å². The number of hydrogen-bond acceptors (Lipinski definition) is 7. The minimum absolute atomic E-state index is 0.169. The number of fused-ring (bicyclic) bond motifs is 1. The number of nitriles is 1. The fraction of sp³-hybridized carbons (Fsp3) is 0.158.